The molecular formula is C11H18O2. The molecule has 0 unspecified atom stereocenters. The van der Waals surface area contributed by atoms with Gasteiger partial charge in [-0.25, -0.2) is 0 Å². The van der Waals surface area contributed by atoms with Crippen molar-refractivity contribution in [3.05, 3.63) is 0 Å². The van der Waals surface area contributed by atoms with Gasteiger partial charge in [0.05, 0.1) is 5.41 Å². The Balaban J connectivity index is 2.33. The van der Waals surface area contributed by atoms with Gasteiger partial charge in [0.15, 0.2) is 0 Å². The van der Waals surface area contributed by atoms with E-state index in [-0.39, 0.29) is 17.0 Å². The Bertz CT molecular complexity index is 244. The molecule has 0 bridgehead atoms. The lowest BCUT2D eigenvalue weighted by molar-refractivity contribution is -0.153. The molecule has 2 heteroatoms. The average molecular weight is 182 g/mol. The second-order valence-electron chi connectivity index (χ2n) is 5.22. The summed E-state index contributed by atoms with van der Waals surface area (Å²) in [6.45, 7) is 6.15. The molecule has 2 rings (SSSR count). The van der Waals surface area contributed by atoms with Gasteiger partial charge in [-0.1, -0.05) is 6.42 Å². The van der Waals surface area contributed by atoms with E-state index in [0.717, 1.165) is 12.8 Å². The molecule has 0 aromatic heterocycles. The van der Waals surface area contributed by atoms with Gasteiger partial charge in [-0.05, 0) is 40.0 Å². The zero-order valence-electron chi connectivity index (χ0n) is 8.72. The molecule has 13 heavy (non-hydrogen) atoms. The van der Waals surface area contributed by atoms with E-state index in [2.05, 4.69) is 6.92 Å². The highest BCUT2D eigenvalue weighted by atomic mass is 16.6. The highest BCUT2D eigenvalue weighted by Crippen LogP contribution is 2.52. The van der Waals surface area contributed by atoms with Crippen LogP contribution in [0.1, 0.15) is 46.5 Å². The van der Waals surface area contributed by atoms with Crippen LogP contribution in [0.4, 0.5) is 0 Å². The van der Waals surface area contributed by atoms with Gasteiger partial charge in [0.1, 0.15) is 5.60 Å². The van der Waals surface area contributed by atoms with Crippen LogP contribution in [0.3, 0.4) is 0 Å². The van der Waals surface area contributed by atoms with E-state index in [9.17, 15) is 4.79 Å². The molecule has 1 heterocycles. The zero-order valence-corrected chi connectivity index (χ0v) is 8.72. The summed E-state index contributed by atoms with van der Waals surface area (Å²) in [5, 5.41) is 0. The molecule has 1 aliphatic heterocycles. The molecule has 0 spiro atoms. The summed E-state index contributed by atoms with van der Waals surface area (Å²) in [5.41, 5.74) is -0.409. The van der Waals surface area contributed by atoms with E-state index in [1.165, 1.54) is 12.8 Å². The lowest BCUT2D eigenvalue weighted by Gasteiger charge is -2.37. The van der Waals surface area contributed by atoms with Gasteiger partial charge in [-0.2, -0.15) is 0 Å². The topological polar surface area (TPSA) is 26.3 Å². The molecule has 1 saturated heterocycles. The van der Waals surface area contributed by atoms with Crippen LogP contribution in [-0.2, 0) is 9.53 Å². The third-order valence-corrected chi connectivity index (χ3v) is 3.88. The second-order valence-corrected chi connectivity index (χ2v) is 5.22. The van der Waals surface area contributed by atoms with Crippen LogP contribution >= 0.6 is 0 Å². The minimum absolute atomic E-state index is 0.00176. The first kappa shape index (κ1) is 9.04. The summed E-state index contributed by atoms with van der Waals surface area (Å²) < 4.78 is 5.53. The van der Waals surface area contributed by atoms with E-state index in [4.69, 9.17) is 4.74 Å². The van der Waals surface area contributed by atoms with E-state index in [1.54, 1.807) is 0 Å². The number of fused-ring (bicyclic) bond motifs is 1. The van der Waals surface area contributed by atoms with Gasteiger partial charge < -0.3 is 4.74 Å². The SMILES string of the molecule is CC1(C)C(=O)O[C@]2(C)CCCC[C@H]12. The predicted octanol–water partition coefficient (Wildman–Crippen LogP) is 2.52. The summed E-state index contributed by atoms with van der Waals surface area (Å²) in [6, 6.07) is 0. The molecule has 0 radical (unpaired) electrons. The normalized spacial score (nSPS) is 42.7. The van der Waals surface area contributed by atoms with Crippen LogP contribution in [-0.4, -0.2) is 11.6 Å². The molecule has 2 nitrogen and oxygen atoms in total. The fourth-order valence-electron chi connectivity index (χ4n) is 3.04. The number of rotatable bonds is 0. The van der Waals surface area contributed by atoms with Crippen molar-refractivity contribution in [1.29, 1.82) is 0 Å². The van der Waals surface area contributed by atoms with Gasteiger partial charge >= 0.3 is 5.97 Å². The lowest BCUT2D eigenvalue weighted by atomic mass is 9.66. The van der Waals surface area contributed by atoms with E-state index in [1.807, 2.05) is 13.8 Å². The van der Waals surface area contributed by atoms with Crippen molar-refractivity contribution in [3.63, 3.8) is 0 Å². The molecule has 74 valence electrons. The standard InChI is InChI=1S/C11H18O2/c1-10(2)8-6-4-5-7-11(8,3)13-9(10)12/h8H,4-7H2,1-3H3/t8-,11-/m1/s1. The van der Waals surface area contributed by atoms with Gasteiger partial charge in [0, 0.05) is 5.92 Å². The zero-order chi connectivity index (χ0) is 9.69. The van der Waals surface area contributed by atoms with Crippen LogP contribution < -0.4 is 0 Å². The predicted molar refractivity (Wildman–Crippen MR) is 50.2 cm³/mol. The first-order valence-corrected chi connectivity index (χ1v) is 5.20. The van der Waals surface area contributed by atoms with Crippen molar-refractivity contribution >= 4 is 5.97 Å². The summed E-state index contributed by atoms with van der Waals surface area (Å²) in [6.07, 6.45) is 4.65. The van der Waals surface area contributed by atoms with Crippen molar-refractivity contribution in [2.24, 2.45) is 11.3 Å². The Morgan fingerprint density at radius 3 is 2.62 bits per heavy atom. The fraction of sp³-hybridized carbons (Fsp3) is 0.909. The molecule has 0 aromatic rings. The number of carbonyl (C=O) groups is 1. The monoisotopic (exact) mass is 182 g/mol. The summed E-state index contributed by atoms with van der Waals surface area (Å²) in [7, 11) is 0. The van der Waals surface area contributed by atoms with E-state index in [0.29, 0.717) is 5.92 Å². The van der Waals surface area contributed by atoms with Crippen molar-refractivity contribution in [1.82, 2.24) is 0 Å². The summed E-state index contributed by atoms with van der Waals surface area (Å²) >= 11 is 0. The van der Waals surface area contributed by atoms with Gasteiger partial charge in [0.2, 0.25) is 0 Å². The van der Waals surface area contributed by atoms with Crippen molar-refractivity contribution in [2.45, 2.75) is 52.1 Å². The molecule has 2 fully saturated rings. The minimum atomic E-state index is -0.255. The van der Waals surface area contributed by atoms with E-state index < -0.39 is 0 Å². The molecule has 0 N–H and O–H groups in total. The van der Waals surface area contributed by atoms with Crippen LogP contribution in [0.2, 0.25) is 0 Å². The van der Waals surface area contributed by atoms with Crippen LogP contribution in [0.25, 0.3) is 0 Å². The molecule has 0 aromatic carbocycles. The second kappa shape index (κ2) is 2.49. The van der Waals surface area contributed by atoms with Gasteiger partial charge in [-0.3, -0.25) is 4.79 Å². The largest absolute Gasteiger partial charge is 0.459 e. The number of esters is 1. The Hall–Kier alpha value is -0.530. The molecule has 1 aliphatic carbocycles. The number of hydrogen-bond acceptors (Lipinski definition) is 2. The van der Waals surface area contributed by atoms with E-state index >= 15 is 0 Å². The van der Waals surface area contributed by atoms with Gasteiger partial charge in [-0.15, -0.1) is 0 Å². The summed E-state index contributed by atoms with van der Waals surface area (Å²) in [4.78, 5) is 11.6. The maximum Gasteiger partial charge on any atom is 0.312 e. The Morgan fingerprint density at radius 2 is 2.00 bits per heavy atom. The highest BCUT2D eigenvalue weighted by molar-refractivity contribution is 5.79. The Labute approximate surface area is 79.7 Å². The quantitative estimate of drug-likeness (QED) is 0.538. The third kappa shape index (κ3) is 1.11. The first-order valence-electron chi connectivity index (χ1n) is 5.20. The molecule has 0 amide bonds. The van der Waals surface area contributed by atoms with Crippen LogP contribution in [0.15, 0.2) is 0 Å². The van der Waals surface area contributed by atoms with Gasteiger partial charge in [0.25, 0.3) is 0 Å². The minimum Gasteiger partial charge on any atom is -0.459 e. The maximum absolute atomic E-state index is 11.6. The number of hydrogen-bond donors (Lipinski definition) is 0. The first-order chi connectivity index (χ1) is 5.97. The Morgan fingerprint density at radius 1 is 1.31 bits per heavy atom. The number of carbonyl (C=O) groups excluding carboxylic acids is 1. The average Bonchev–Trinajstić information content (AvgIpc) is 2.20. The highest BCUT2D eigenvalue weighted by Gasteiger charge is 2.57. The Kier molecular flexibility index (Phi) is 1.73. The lowest BCUT2D eigenvalue weighted by Crippen LogP contribution is -2.39. The molecule has 1 saturated carbocycles. The summed E-state index contributed by atoms with van der Waals surface area (Å²) in [5.74, 6) is 0.433. The van der Waals surface area contributed by atoms with Crippen LogP contribution in [0.5, 0.6) is 0 Å². The van der Waals surface area contributed by atoms with Crippen molar-refractivity contribution < 1.29 is 9.53 Å². The van der Waals surface area contributed by atoms with Crippen LogP contribution in [0, 0.1) is 11.3 Å². The third-order valence-electron chi connectivity index (χ3n) is 3.88. The molecule has 2 aliphatic rings. The van der Waals surface area contributed by atoms with Crippen molar-refractivity contribution in [3.8, 4) is 0 Å². The molecular weight excluding hydrogens is 164 g/mol. The van der Waals surface area contributed by atoms with Crippen molar-refractivity contribution in [2.75, 3.05) is 0 Å². The maximum atomic E-state index is 11.6. The molecule has 2 atom stereocenters. The smallest absolute Gasteiger partial charge is 0.312 e. The number of ether oxygens (including phenoxy) is 1. The fourth-order valence-corrected chi connectivity index (χ4v) is 3.04.